The van der Waals surface area contributed by atoms with Crippen molar-refractivity contribution in [3.8, 4) is 11.5 Å². The third-order valence-electron chi connectivity index (χ3n) is 6.03. The summed E-state index contributed by atoms with van der Waals surface area (Å²) in [6.07, 6.45) is 4.71. The van der Waals surface area contributed by atoms with E-state index >= 15 is 0 Å². The summed E-state index contributed by atoms with van der Waals surface area (Å²) in [7, 11) is 1.71. The number of nitrogens with zero attached hydrogens (tertiary/aromatic N) is 1. The summed E-state index contributed by atoms with van der Waals surface area (Å²) in [6, 6.07) is 14.8. The lowest BCUT2D eigenvalue weighted by molar-refractivity contribution is 0.323. The Bertz CT molecular complexity index is 720. The van der Waals surface area contributed by atoms with Gasteiger partial charge < -0.3 is 9.84 Å². The fraction of sp³-hybridized carbons (Fsp3) is 0.500. The highest BCUT2D eigenvalue weighted by atomic mass is 16.5. The number of ether oxygens (including phenoxy) is 1. The molecule has 3 heteroatoms. The zero-order valence-electron chi connectivity index (χ0n) is 16.9. The number of methoxy groups -OCH3 is 1. The van der Waals surface area contributed by atoms with Gasteiger partial charge in [0.15, 0.2) is 0 Å². The molecule has 0 unspecified atom stereocenters. The maximum absolute atomic E-state index is 10.4. The first kappa shape index (κ1) is 19.8. The van der Waals surface area contributed by atoms with Crippen LogP contribution in [0.15, 0.2) is 42.5 Å². The molecule has 0 spiro atoms. The van der Waals surface area contributed by atoms with Crippen LogP contribution in [-0.4, -0.2) is 30.2 Å². The maximum Gasteiger partial charge on any atom is 0.120 e. The lowest BCUT2D eigenvalue weighted by Crippen LogP contribution is -2.19. The summed E-state index contributed by atoms with van der Waals surface area (Å²) in [5, 5.41) is 10.4. The van der Waals surface area contributed by atoms with E-state index in [0.717, 1.165) is 43.8 Å². The van der Waals surface area contributed by atoms with E-state index in [-0.39, 0.29) is 0 Å². The number of hydrogen-bond acceptors (Lipinski definition) is 3. The molecule has 2 aromatic rings. The first-order chi connectivity index (χ1) is 13.2. The molecule has 1 saturated heterocycles. The molecule has 0 radical (unpaired) electrons. The van der Waals surface area contributed by atoms with Crippen molar-refractivity contribution in [2.45, 2.75) is 57.9 Å². The van der Waals surface area contributed by atoms with E-state index in [2.05, 4.69) is 55.1 Å². The van der Waals surface area contributed by atoms with Gasteiger partial charge in [-0.3, -0.25) is 4.90 Å². The normalized spacial score (nSPS) is 17.0. The molecule has 0 aliphatic carbocycles. The lowest BCUT2D eigenvalue weighted by atomic mass is 9.78. The fourth-order valence-corrected chi connectivity index (χ4v) is 4.50. The molecule has 2 atom stereocenters. The molecule has 3 rings (SSSR count). The van der Waals surface area contributed by atoms with Gasteiger partial charge in [0.05, 0.1) is 7.11 Å². The highest BCUT2D eigenvalue weighted by Crippen LogP contribution is 2.39. The van der Waals surface area contributed by atoms with E-state index in [0.29, 0.717) is 17.6 Å². The highest BCUT2D eigenvalue weighted by molar-refractivity contribution is 5.40. The maximum atomic E-state index is 10.4. The molecule has 27 heavy (non-hydrogen) atoms. The van der Waals surface area contributed by atoms with Crippen molar-refractivity contribution in [3.05, 3.63) is 59.2 Å². The average molecular weight is 368 g/mol. The van der Waals surface area contributed by atoms with Gasteiger partial charge in [0.2, 0.25) is 0 Å². The van der Waals surface area contributed by atoms with Gasteiger partial charge in [-0.05, 0) is 79.9 Å². The largest absolute Gasteiger partial charge is 0.508 e. The number of aromatic hydroxyl groups is 1. The Morgan fingerprint density at radius 1 is 0.926 bits per heavy atom. The molecular weight excluding hydrogens is 334 g/mol. The Labute approximate surface area is 164 Å². The highest BCUT2D eigenvalue weighted by Gasteiger charge is 2.23. The van der Waals surface area contributed by atoms with Gasteiger partial charge >= 0.3 is 0 Å². The Kier molecular flexibility index (Phi) is 6.78. The molecule has 1 aliphatic heterocycles. The van der Waals surface area contributed by atoms with E-state index in [1.165, 1.54) is 24.0 Å². The van der Waals surface area contributed by atoms with E-state index in [4.69, 9.17) is 4.74 Å². The van der Waals surface area contributed by atoms with Crippen LogP contribution in [0.1, 0.15) is 68.1 Å². The summed E-state index contributed by atoms with van der Waals surface area (Å²) in [4.78, 5) is 2.45. The smallest absolute Gasteiger partial charge is 0.120 e. The molecule has 146 valence electrons. The van der Waals surface area contributed by atoms with E-state index in [9.17, 15) is 5.11 Å². The number of phenolic OH excluding ortho intramolecular Hbond substituents is 1. The summed E-state index contributed by atoms with van der Waals surface area (Å²) in [6.45, 7) is 7.68. The number of likely N-dealkylation sites (tertiary alicyclic amines) is 1. The zero-order chi connectivity index (χ0) is 19.2. The van der Waals surface area contributed by atoms with Crippen molar-refractivity contribution in [1.82, 2.24) is 4.90 Å². The van der Waals surface area contributed by atoms with Gasteiger partial charge in [0.25, 0.3) is 0 Å². The predicted molar refractivity (Wildman–Crippen MR) is 112 cm³/mol. The Morgan fingerprint density at radius 2 is 1.52 bits per heavy atom. The molecule has 0 aromatic heterocycles. The summed E-state index contributed by atoms with van der Waals surface area (Å²) in [5.41, 5.74) is 3.77. The molecule has 1 aliphatic rings. The lowest BCUT2D eigenvalue weighted by Gasteiger charge is -2.27. The summed E-state index contributed by atoms with van der Waals surface area (Å²) in [5.74, 6) is 2.24. The number of hydrogen-bond donors (Lipinski definition) is 1. The van der Waals surface area contributed by atoms with Crippen LogP contribution in [0.4, 0.5) is 0 Å². The molecule has 1 fully saturated rings. The Hall–Kier alpha value is -2.00. The van der Waals surface area contributed by atoms with E-state index < -0.39 is 0 Å². The monoisotopic (exact) mass is 367 g/mol. The van der Waals surface area contributed by atoms with Crippen molar-refractivity contribution in [1.29, 1.82) is 0 Å². The van der Waals surface area contributed by atoms with Crippen LogP contribution in [0.5, 0.6) is 11.5 Å². The minimum absolute atomic E-state index is 0.429. The molecule has 3 nitrogen and oxygen atoms in total. The van der Waals surface area contributed by atoms with Crippen LogP contribution < -0.4 is 4.74 Å². The topological polar surface area (TPSA) is 32.7 Å². The predicted octanol–water partition coefficient (Wildman–Crippen LogP) is 5.68. The van der Waals surface area contributed by atoms with E-state index in [1.807, 2.05) is 6.07 Å². The van der Waals surface area contributed by atoms with Crippen LogP contribution in [-0.2, 0) is 6.54 Å². The van der Waals surface area contributed by atoms with Crippen molar-refractivity contribution in [3.63, 3.8) is 0 Å². The first-order valence-electron chi connectivity index (χ1n) is 10.3. The van der Waals surface area contributed by atoms with Gasteiger partial charge in [-0.2, -0.15) is 0 Å². The summed E-state index contributed by atoms with van der Waals surface area (Å²) < 4.78 is 5.31. The Morgan fingerprint density at radius 3 is 2.11 bits per heavy atom. The van der Waals surface area contributed by atoms with Gasteiger partial charge in [-0.15, -0.1) is 0 Å². The second-order valence-corrected chi connectivity index (χ2v) is 7.67. The number of benzene rings is 2. The van der Waals surface area contributed by atoms with Crippen LogP contribution in [0.2, 0.25) is 0 Å². The Balaban J connectivity index is 1.85. The fourth-order valence-electron chi connectivity index (χ4n) is 4.50. The molecular formula is C24H33NO2. The van der Waals surface area contributed by atoms with Crippen LogP contribution in [0.3, 0.4) is 0 Å². The van der Waals surface area contributed by atoms with Crippen LogP contribution in [0.25, 0.3) is 0 Å². The van der Waals surface area contributed by atoms with Gasteiger partial charge in [-0.1, -0.05) is 38.1 Å². The van der Waals surface area contributed by atoms with Gasteiger partial charge in [0.1, 0.15) is 11.5 Å². The average Bonchev–Trinajstić information content (AvgIpc) is 3.21. The number of rotatable bonds is 8. The van der Waals surface area contributed by atoms with E-state index in [1.54, 1.807) is 7.11 Å². The molecule has 2 aromatic carbocycles. The molecule has 0 amide bonds. The molecule has 1 heterocycles. The van der Waals surface area contributed by atoms with Crippen molar-refractivity contribution < 1.29 is 9.84 Å². The third kappa shape index (κ3) is 4.65. The van der Waals surface area contributed by atoms with Crippen LogP contribution in [0, 0.1) is 0 Å². The second-order valence-electron chi connectivity index (χ2n) is 7.67. The quantitative estimate of drug-likeness (QED) is 0.651. The third-order valence-corrected chi connectivity index (χ3v) is 6.03. The first-order valence-corrected chi connectivity index (χ1v) is 10.3. The standard InChI is InChI=1S/C24H33NO2/c1-4-22(18-8-11-21(27-3)12-9-18)23(5-2)19-10-13-24(26)20(16-19)17-25-14-6-7-15-25/h8-13,16,22-23,26H,4-7,14-15,17H2,1-3H3/t22-,23+/m1/s1. The zero-order valence-corrected chi connectivity index (χ0v) is 16.9. The van der Waals surface area contributed by atoms with Gasteiger partial charge in [-0.25, -0.2) is 0 Å². The molecule has 0 bridgehead atoms. The van der Waals surface area contributed by atoms with Crippen LogP contribution >= 0.6 is 0 Å². The minimum Gasteiger partial charge on any atom is -0.508 e. The van der Waals surface area contributed by atoms with Gasteiger partial charge in [0, 0.05) is 12.1 Å². The van der Waals surface area contributed by atoms with Crippen molar-refractivity contribution in [2.75, 3.05) is 20.2 Å². The molecule has 0 saturated carbocycles. The minimum atomic E-state index is 0.429. The second kappa shape index (κ2) is 9.27. The SMILES string of the molecule is CC[C@H](c1ccc(OC)cc1)[C@@H](CC)c1ccc(O)c(CN2CCCC2)c1. The van der Waals surface area contributed by atoms with Crippen molar-refractivity contribution in [2.24, 2.45) is 0 Å². The molecule has 1 N–H and O–H groups in total. The summed E-state index contributed by atoms with van der Waals surface area (Å²) >= 11 is 0. The number of phenols is 1. The van der Waals surface area contributed by atoms with Crippen molar-refractivity contribution >= 4 is 0 Å².